The third-order valence-corrected chi connectivity index (χ3v) is 9.52. The number of ketones is 2. The second kappa shape index (κ2) is 24.3. The second-order valence-corrected chi connectivity index (χ2v) is 14.6. The van der Waals surface area contributed by atoms with Crippen LogP contribution in [0, 0.1) is 34.9 Å². The number of halogens is 7. The molecule has 3 heterocycles. The lowest BCUT2D eigenvalue weighted by atomic mass is 10.1. The summed E-state index contributed by atoms with van der Waals surface area (Å²) in [5, 5.41) is 6.94. The van der Waals surface area contributed by atoms with Crippen LogP contribution in [0.5, 0.6) is 0 Å². The first-order valence-electron chi connectivity index (χ1n) is 19.8. The predicted molar refractivity (Wildman–Crippen MR) is 226 cm³/mol. The molecule has 3 aliphatic rings. The van der Waals surface area contributed by atoms with Gasteiger partial charge in [-0.15, -0.1) is 11.6 Å². The van der Waals surface area contributed by atoms with Gasteiger partial charge in [-0.2, -0.15) is 0 Å². The molecule has 16 nitrogen and oxygen atoms in total. The van der Waals surface area contributed by atoms with Gasteiger partial charge in [-0.25, -0.2) is 35.9 Å². The number of cyclic esters (lactones) is 1. The molecule has 6 rings (SSSR count). The largest absolute Gasteiger partial charge is 0.459 e. The number of carbonyl (C=O) groups excluding carboxylic acids is 7. The molecule has 1 fully saturated rings. The number of alkyl halides is 1. The van der Waals surface area contributed by atoms with Crippen LogP contribution in [0.3, 0.4) is 0 Å². The maximum Gasteiger partial charge on any atom is 0.414 e. The maximum atomic E-state index is 14.6. The summed E-state index contributed by atoms with van der Waals surface area (Å²) < 4.78 is 101. The molecule has 0 bridgehead atoms. The zero-order valence-electron chi connectivity index (χ0n) is 35.4. The number of rotatable bonds is 12. The van der Waals surface area contributed by atoms with Crippen LogP contribution in [0.15, 0.2) is 67.0 Å². The molecule has 3 N–H and O–H groups in total. The van der Waals surface area contributed by atoms with Crippen LogP contribution in [-0.2, 0) is 44.8 Å². The fourth-order valence-corrected chi connectivity index (χ4v) is 6.21. The number of nitrogens with one attached hydrogen (secondary N) is 3. The minimum Gasteiger partial charge on any atom is -0.459 e. The third kappa shape index (κ3) is 14.7. The zero-order chi connectivity index (χ0) is 48.7. The summed E-state index contributed by atoms with van der Waals surface area (Å²) in [7, 11) is 0. The quantitative estimate of drug-likeness (QED) is 0.0605. The fraction of sp³-hybridized carbons (Fsp3) is 0.326. The van der Waals surface area contributed by atoms with Gasteiger partial charge in [0, 0.05) is 71.2 Å². The highest BCUT2D eigenvalue weighted by Crippen LogP contribution is 2.35. The first-order valence-corrected chi connectivity index (χ1v) is 20.3. The Balaban J connectivity index is 0.000000233. The SMILES string of the molecule is CC(=O)NC[C@@H](CCl)OC(C)=O.CC(=O)NC[C@H]1CN(c2cc(F)c(N3C=CC(=O)CC3)c(F)c2F)C(=O)O1.O=C1C=CN(c2c(F)cc(NC(=O)OCc3ccccc3)c(F)c2F)CC1. The molecule has 0 spiro atoms. The molecule has 3 aromatic carbocycles. The van der Waals surface area contributed by atoms with Crippen molar-refractivity contribution in [3.05, 3.63) is 107 Å². The van der Waals surface area contributed by atoms with E-state index in [1.807, 2.05) is 5.32 Å². The van der Waals surface area contributed by atoms with E-state index < -0.39 is 88.0 Å². The second-order valence-electron chi connectivity index (χ2n) is 14.3. The first-order chi connectivity index (χ1) is 31.3. The van der Waals surface area contributed by atoms with E-state index in [1.54, 1.807) is 30.3 Å². The summed E-state index contributed by atoms with van der Waals surface area (Å²) in [5.41, 5.74) is -1.83. The van der Waals surface area contributed by atoms with E-state index in [0.29, 0.717) is 17.7 Å². The average Bonchev–Trinajstić information content (AvgIpc) is 3.65. The van der Waals surface area contributed by atoms with Crippen LogP contribution >= 0.6 is 11.6 Å². The fourth-order valence-electron chi connectivity index (χ4n) is 6.04. The Morgan fingerprint density at radius 3 is 1.86 bits per heavy atom. The lowest BCUT2D eigenvalue weighted by Crippen LogP contribution is -2.34. The average molecular weight is 953 g/mol. The first kappa shape index (κ1) is 51.5. The highest BCUT2D eigenvalue weighted by Gasteiger charge is 2.36. The number of ether oxygens (including phenoxy) is 3. The predicted octanol–water partition coefficient (Wildman–Crippen LogP) is 6.30. The Labute approximate surface area is 378 Å². The summed E-state index contributed by atoms with van der Waals surface area (Å²) in [6.45, 7) is 4.00. The molecule has 1 saturated heterocycles. The van der Waals surface area contributed by atoms with Crippen molar-refractivity contribution in [1.82, 2.24) is 10.6 Å². The van der Waals surface area contributed by atoms with Crippen molar-refractivity contribution in [2.75, 3.05) is 58.6 Å². The van der Waals surface area contributed by atoms with E-state index >= 15 is 0 Å². The molecule has 0 unspecified atom stereocenters. The third-order valence-electron chi connectivity index (χ3n) is 9.18. The van der Waals surface area contributed by atoms with Crippen LogP contribution in [-0.4, -0.2) is 92.3 Å². The molecule has 0 aliphatic carbocycles. The Morgan fingerprint density at radius 1 is 0.788 bits per heavy atom. The normalized spacial score (nSPS) is 15.7. The summed E-state index contributed by atoms with van der Waals surface area (Å²) in [4.78, 5) is 80.9. The number of amides is 4. The number of nitrogens with zero attached hydrogens (tertiary/aromatic N) is 3. The highest BCUT2D eigenvalue weighted by atomic mass is 35.5. The smallest absolute Gasteiger partial charge is 0.414 e. The number of benzene rings is 3. The van der Waals surface area contributed by atoms with Crippen LogP contribution in [0.2, 0.25) is 0 Å². The molecule has 3 aliphatic heterocycles. The van der Waals surface area contributed by atoms with Gasteiger partial charge in [-0.05, 0) is 17.7 Å². The summed E-state index contributed by atoms with van der Waals surface area (Å²) in [6, 6.07) is 10.1. The topological polar surface area (TPSA) is 193 Å². The number of hydrogen-bond donors (Lipinski definition) is 3. The van der Waals surface area contributed by atoms with E-state index in [1.165, 1.54) is 33.2 Å². The van der Waals surface area contributed by atoms with Gasteiger partial charge in [0.2, 0.25) is 11.8 Å². The van der Waals surface area contributed by atoms with Crippen LogP contribution in [0.4, 0.5) is 58.7 Å². The van der Waals surface area contributed by atoms with Crippen LogP contribution in [0.25, 0.3) is 0 Å². The van der Waals surface area contributed by atoms with E-state index in [0.717, 1.165) is 26.9 Å². The van der Waals surface area contributed by atoms with Gasteiger partial charge in [0.05, 0.1) is 36.9 Å². The molecule has 0 saturated carbocycles. The van der Waals surface area contributed by atoms with Crippen LogP contribution < -0.4 is 30.7 Å². The molecule has 4 amide bonds. The Morgan fingerprint density at radius 2 is 1.35 bits per heavy atom. The molecule has 23 heteroatoms. The summed E-state index contributed by atoms with van der Waals surface area (Å²) >= 11 is 5.47. The van der Waals surface area contributed by atoms with Crippen molar-refractivity contribution >= 4 is 75.9 Å². The van der Waals surface area contributed by atoms with E-state index in [4.69, 9.17) is 25.8 Å². The van der Waals surface area contributed by atoms with E-state index in [9.17, 15) is 59.9 Å². The zero-order valence-corrected chi connectivity index (χ0v) is 36.2. The van der Waals surface area contributed by atoms with Crippen molar-refractivity contribution in [1.29, 1.82) is 0 Å². The molecule has 2 atom stereocenters. The van der Waals surface area contributed by atoms with Gasteiger partial charge in [0.25, 0.3) is 0 Å². The Hall–Kier alpha value is -7.10. The van der Waals surface area contributed by atoms with Crippen molar-refractivity contribution in [2.45, 2.75) is 52.4 Å². The lowest BCUT2D eigenvalue weighted by Gasteiger charge is -2.25. The molecular formula is C43H43ClF6N6O10. The van der Waals surface area contributed by atoms with Gasteiger partial charge >= 0.3 is 18.2 Å². The molecular weight excluding hydrogens is 910 g/mol. The van der Waals surface area contributed by atoms with Crippen molar-refractivity contribution < 1.29 is 74.1 Å². The highest BCUT2D eigenvalue weighted by molar-refractivity contribution is 6.18. The van der Waals surface area contributed by atoms with Crippen molar-refractivity contribution in [3.8, 4) is 0 Å². The Kier molecular flexibility index (Phi) is 18.9. The standard InChI is InChI=1S/C19H15F3N2O3.C17H16F3N3O4.C7H12ClNO3/c20-14-10-15(23-19(26)27-11-12-4-2-1-3-5-12)16(21)17(22)18(14)24-8-6-13(25)7-9-24;1-9(24)21-7-11-8-23(17(26)27-11)13-6-12(18)16(15(20)14(13)19)22-4-2-10(25)3-5-22;1-5(10)9-4-7(3-8)12-6(2)11/h1-6,8,10H,7,9,11H2,(H,23,26);2,4,6,11H,3,5,7-8H2,1H3,(H,21,24);7H,3-4H2,1-2H3,(H,9,10)/t;11-;7-/m.01/s1. The van der Waals surface area contributed by atoms with Gasteiger partial charge in [-0.3, -0.25) is 34.2 Å². The summed E-state index contributed by atoms with van der Waals surface area (Å²) in [5.74, 6) is -9.04. The Bertz CT molecular complexity index is 2380. The van der Waals surface area contributed by atoms with Gasteiger partial charge < -0.3 is 34.6 Å². The molecule has 3 aromatic rings. The van der Waals surface area contributed by atoms with Crippen molar-refractivity contribution in [3.63, 3.8) is 0 Å². The van der Waals surface area contributed by atoms with E-state index in [2.05, 4.69) is 10.6 Å². The van der Waals surface area contributed by atoms with Crippen molar-refractivity contribution in [2.24, 2.45) is 0 Å². The number of hydrogen-bond acceptors (Lipinski definition) is 12. The summed E-state index contributed by atoms with van der Waals surface area (Å²) in [6.07, 6.45) is 1.55. The van der Waals surface area contributed by atoms with E-state index in [-0.39, 0.29) is 81.4 Å². The van der Waals surface area contributed by atoms with Gasteiger partial charge in [-0.1, -0.05) is 30.3 Å². The number of esters is 1. The van der Waals surface area contributed by atoms with Gasteiger partial charge in [0.15, 0.2) is 46.5 Å². The minimum atomic E-state index is -1.47. The molecule has 0 aromatic heterocycles. The minimum absolute atomic E-state index is 0.00512. The monoisotopic (exact) mass is 952 g/mol. The number of allylic oxidation sites excluding steroid dienone is 2. The molecule has 354 valence electrons. The van der Waals surface area contributed by atoms with Gasteiger partial charge in [0.1, 0.15) is 30.2 Å². The lowest BCUT2D eigenvalue weighted by molar-refractivity contribution is -0.145. The number of anilines is 4. The number of carbonyl (C=O) groups is 7. The molecule has 0 radical (unpaired) electrons. The molecule has 66 heavy (non-hydrogen) atoms. The maximum absolute atomic E-state index is 14.6. The van der Waals surface area contributed by atoms with Crippen LogP contribution in [0.1, 0.15) is 39.2 Å².